The maximum Gasteiger partial charge on any atom is 0.263 e. The summed E-state index contributed by atoms with van der Waals surface area (Å²) in [4.78, 5) is 16.2. The number of rotatable bonds is 5. The average molecular weight is 292 g/mol. The van der Waals surface area contributed by atoms with Crippen LogP contribution in [-0.4, -0.2) is 30.4 Å². The summed E-state index contributed by atoms with van der Waals surface area (Å²) < 4.78 is 0. The molecule has 0 saturated carbocycles. The minimum absolute atomic E-state index is 0.109. The van der Waals surface area contributed by atoms with Gasteiger partial charge in [-0.15, -0.1) is 11.3 Å². The molecular weight excluding hydrogens is 268 g/mol. The number of thiophene rings is 1. The SMILES string of the molecule is CC(C)CN(CC(C)C)C(=O)c1ccc(C#CCN)s1. The molecule has 0 saturated heterocycles. The van der Waals surface area contributed by atoms with Crippen molar-refractivity contribution >= 4 is 17.2 Å². The van der Waals surface area contributed by atoms with E-state index >= 15 is 0 Å². The summed E-state index contributed by atoms with van der Waals surface area (Å²) in [6.07, 6.45) is 0. The lowest BCUT2D eigenvalue weighted by atomic mass is 10.1. The zero-order chi connectivity index (χ0) is 15.1. The number of amides is 1. The summed E-state index contributed by atoms with van der Waals surface area (Å²) in [7, 11) is 0. The molecule has 2 N–H and O–H groups in total. The van der Waals surface area contributed by atoms with Crippen molar-refractivity contribution in [3.8, 4) is 11.8 Å². The van der Waals surface area contributed by atoms with E-state index in [0.29, 0.717) is 18.4 Å². The third-order valence-corrected chi connectivity index (χ3v) is 3.58. The number of carbonyl (C=O) groups is 1. The van der Waals surface area contributed by atoms with Crippen molar-refractivity contribution in [3.05, 3.63) is 21.9 Å². The highest BCUT2D eigenvalue weighted by molar-refractivity contribution is 7.14. The van der Waals surface area contributed by atoms with Gasteiger partial charge in [0, 0.05) is 13.1 Å². The smallest absolute Gasteiger partial charge is 0.263 e. The van der Waals surface area contributed by atoms with Gasteiger partial charge in [-0.1, -0.05) is 39.5 Å². The van der Waals surface area contributed by atoms with Crippen LogP contribution in [-0.2, 0) is 0 Å². The van der Waals surface area contributed by atoms with Crippen LogP contribution in [0.2, 0.25) is 0 Å². The topological polar surface area (TPSA) is 46.3 Å². The molecule has 0 aliphatic carbocycles. The highest BCUT2D eigenvalue weighted by atomic mass is 32.1. The zero-order valence-electron chi connectivity index (χ0n) is 12.8. The molecule has 1 aromatic rings. The fourth-order valence-corrected chi connectivity index (χ4v) is 2.78. The lowest BCUT2D eigenvalue weighted by Gasteiger charge is -2.25. The van der Waals surface area contributed by atoms with E-state index in [4.69, 9.17) is 5.73 Å². The Morgan fingerprint density at radius 3 is 2.35 bits per heavy atom. The molecule has 0 aromatic carbocycles. The molecule has 1 heterocycles. The molecule has 0 fully saturated rings. The molecule has 0 bridgehead atoms. The minimum atomic E-state index is 0.109. The van der Waals surface area contributed by atoms with Gasteiger partial charge < -0.3 is 10.6 Å². The fraction of sp³-hybridized carbons (Fsp3) is 0.562. The van der Waals surface area contributed by atoms with Gasteiger partial charge in [0.1, 0.15) is 0 Å². The molecule has 0 atom stereocenters. The van der Waals surface area contributed by atoms with E-state index in [9.17, 15) is 4.79 Å². The van der Waals surface area contributed by atoms with Crippen LogP contribution >= 0.6 is 11.3 Å². The Bertz CT molecular complexity index is 484. The zero-order valence-corrected chi connectivity index (χ0v) is 13.6. The summed E-state index contributed by atoms with van der Waals surface area (Å²) in [6, 6.07) is 3.75. The number of hydrogen-bond acceptors (Lipinski definition) is 3. The number of nitrogens with two attached hydrogens (primary N) is 1. The van der Waals surface area contributed by atoms with Gasteiger partial charge in [0.15, 0.2) is 0 Å². The number of nitrogens with zero attached hydrogens (tertiary/aromatic N) is 1. The normalized spacial score (nSPS) is 10.6. The Hall–Kier alpha value is -1.31. The van der Waals surface area contributed by atoms with E-state index in [2.05, 4.69) is 39.5 Å². The Balaban J connectivity index is 2.85. The van der Waals surface area contributed by atoms with Crippen molar-refractivity contribution in [1.82, 2.24) is 4.90 Å². The molecule has 0 spiro atoms. The van der Waals surface area contributed by atoms with Crippen LogP contribution in [0.5, 0.6) is 0 Å². The van der Waals surface area contributed by atoms with Gasteiger partial charge in [0.2, 0.25) is 0 Å². The highest BCUT2D eigenvalue weighted by Gasteiger charge is 2.19. The van der Waals surface area contributed by atoms with Gasteiger partial charge in [-0.25, -0.2) is 0 Å². The fourth-order valence-electron chi connectivity index (χ4n) is 1.94. The summed E-state index contributed by atoms with van der Waals surface area (Å²) >= 11 is 1.44. The predicted molar refractivity (Wildman–Crippen MR) is 85.8 cm³/mol. The van der Waals surface area contributed by atoms with Crippen molar-refractivity contribution in [1.29, 1.82) is 0 Å². The Morgan fingerprint density at radius 1 is 1.25 bits per heavy atom. The third kappa shape index (κ3) is 5.36. The molecule has 4 heteroatoms. The first-order valence-electron chi connectivity index (χ1n) is 7.02. The van der Waals surface area contributed by atoms with Crippen molar-refractivity contribution < 1.29 is 4.79 Å². The molecule has 20 heavy (non-hydrogen) atoms. The van der Waals surface area contributed by atoms with Crippen molar-refractivity contribution in [3.63, 3.8) is 0 Å². The quantitative estimate of drug-likeness (QED) is 0.848. The van der Waals surface area contributed by atoms with Gasteiger partial charge in [-0.05, 0) is 24.0 Å². The van der Waals surface area contributed by atoms with Gasteiger partial charge >= 0.3 is 0 Å². The van der Waals surface area contributed by atoms with Crippen molar-refractivity contribution in [2.24, 2.45) is 17.6 Å². The van der Waals surface area contributed by atoms with Crippen LogP contribution in [0, 0.1) is 23.7 Å². The summed E-state index contributed by atoms with van der Waals surface area (Å²) in [6.45, 7) is 10.5. The van der Waals surface area contributed by atoms with Crippen LogP contribution in [0.1, 0.15) is 42.2 Å². The summed E-state index contributed by atoms with van der Waals surface area (Å²) in [5.74, 6) is 6.83. The Labute approximate surface area is 126 Å². The summed E-state index contributed by atoms with van der Waals surface area (Å²) in [5, 5.41) is 0. The second-order valence-corrected chi connectivity index (χ2v) is 6.75. The monoisotopic (exact) mass is 292 g/mol. The highest BCUT2D eigenvalue weighted by Crippen LogP contribution is 2.19. The first-order chi connectivity index (χ1) is 9.43. The largest absolute Gasteiger partial charge is 0.337 e. The molecule has 0 aliphatic rings. The molecule has 0 unspecified atom stereocenters. The average Bonchev–Trinajstić information content (AvgIpc) is 2.82. The van der Waals surface area contributed by atoms with Crippen LogP contribution in [0.4, 0.5) is 0 Å². The van der Waals surface area contributed by atoms with Crippen molar-refractivity contribution in [2.45, 2.75) is 27.7 Å². The molecule has 1 rings (SSSR count). The second kappa shape index (κ2) is 8.08. The van der Waals surface area contributed by atoms with E-state index in [-0.39, 0.29) is 5.91 Å². The predicted octanol–water partition coefficient (Wildman–Crippen LogP) is 2.81. The molecule has 110 valence electrons. The molecule has 1 amide bonds. The minimum Gasteiger partial charge on any atom is -0.337 e. The van der Waals surface area contributed by atoms with Crippen LogP contribution in [0.3, 0.4) is 0 Å². The Morgan fingerprint density at radius 2 is 1.85 bits per heavy atom. The molecular formula is C16H24N2OS. The van der Waals surface area contributed by atoms with E-state index in [0.717, 1.165) is 22.8 Å². The van der Waals surface area contributed by atoms with E-state index in [1.54, 1.807) is 0 Å². The maximum atomic E-state index is 12.6. The van der Waals surface area contributed by atoms with Gasteiger partial charge in [0.25, 0.3) is 5.91 Å². The van der Waals surface area contributed by atoms with Crippen LogP contribution < -0.4 is 5.73 Å². The third-order valence-electron chi connectivity index (χ3n) is 2.59. The number of hydrogen-bond donors (Lipinski definition) is 1. The van der Waals surface area contributed by atoms with Gasteiger partial charge in [0.05, 0.1) is 16.3 Å². The Kier molecular flexibility index (Phi) is 6.77. The maximum absolute atomic E-state index is 12.6. The first kappa shape index (κ1) is 16.7. The molecule has 0 aliphatic heterocycles. The molecule has 3 nitrogen and oxygen atoms in total. The number of carbonyl (C=O) groups excluding carboxylic acids is 1. The van der Waals surface area contributed by atoms with E-state index in [1.165, 1.54) is 11.3 Å². The summed E-state index contributed by atoms with van der Waals surface area (Å²) in [5.41, 5.74) is 5.36. The van der Waals surface area contributed by atoms with Crippen LogP contribution in [0.25, 0.3) is 0 Å². The van der Waals surface area contributed by atoms with Crippen LogP contribution in [0.15, 0.2) is 12.1 Å². The standard InChI is InChI=1S/C16H24N2OS/c1-12(2)10-18(11-13(3)4)16(19)15-8-7-14(20-15)6-5-9-17/h7-8,12-13H,9-11,17H2,1-4H3. The van der Waals surface area contributed by atoms with E-state index in [1.807, 2.05) is 17.0 Å². The van der Waals surface area contributed by atoms with Gasteiger partial charge in [-0.3, -0.25) is 4.79 Å². The second-order valence-electron chi connectivity index (χ2n) is 5.67. The lowest BCUT2D eigenvalue weighted by molar-refractivity contribution is 0.0720. The molecule has 1 aromatic heterocycles. The van der Waals surface area contributed by atoms with Crippen molar-refractivity contribution in [2.75, 3.05) is 19.6 Å². The van der Waals surface area contributed by atoms with Gasteiger partial charge in [-0.2, -0.15) is 0 Å². The lowest BCUT2D eigenvalue weighted by Crippen LogP contribution is -2.36. The molecule has 0 radical (unpaired) electrons. The van der Waals surface area contributed by atoms with E-state index < -0.39 is 0 Å². The first-order valence-corrected chi connectivity index (χ1v) is 7.83.